The summed E-state index contributed by atoms with van der Waals surface area (Å²) in [6.07, 6.45) is -0.248. The quantitative estimate of drug-likeness (QED) is 0.397. The number of ether oxygens (including phenoxy) is 2. The van der Waals surface area contributed by atoms with Crippen molar-refractivity contribution in [3.8, 4) is 0 Å². The fourth-order valence-corrected chi connectivity index (χ4v) is 1.55. The van der Waals surface area contributed by atoms with Crippen molar-refractivity contribution in [1.29, 1.82) is 0 Å². The third-order valence-corrected chi connectivity index (χ3v) is 3.62. The van der Waals surface area contributed by atoms with E-state index in [4.69, 9.17) is 19.0 Å². The standard InChI is InChI=1S/C13H27O5Si/c1-11(2,3)10(9-16-8-7-14)17-12(4,5)13(6,15)18-19/h10,14-15H,7-9H2,1-6H3. The Hall–Kier alpha value is 0.0169. The SMILES string of the molecule is CC(C)(C)C(COCCO)OC(C)(C)C(C)(O)O[Si]. The van der Waals surface area contributed by atoms with E-state index in [1.54, 1.807) is 13.8 Å². The van der Waals surface area contributed by atoms with Gasteiger partial charge in [0.1, 0.15) is 5.60 Å². The Morgan fingerprint density at radius 2 is 1.63 bits per heavy atom. The molecule has 0 saturated carbocycles. The fourth-order valence-electron chi connectivity index (χ4n) is 1.30. The first-order valence-corrected chi connectivity index (χ1v) is 6.82. The van der Waals surface area contributed by atoms with Crippen LogP contribution in [-0.2, 0) is 13.9 Å². The van der Waals surface area contributed by atoms with Crippen LogP contribution in [0.5, 0.6) is 0 Å². The van der Waals surface area contributed by atoms with Gasteiger partial charge in [0.05, 0.1) is 25.9 Å². The summed E-state index contributed by atoms with van der Waals surface area (Å²) in [5, 5.41) is 18.9. The molecule has 3 radical (unpaired) electrons. The lowest BCUT2D eigenvalue weighted by molar-refractivity contribution is -0.278. The average Bonchev–Trinajstić information content (AvgIpc) is 2.26. The first kappa shape index (κ1) is 19.0. The lowest BCUT2D eigenvalue weighted by atomic mass is 9.88. The number of aliphatic hydroxyl groups is 2. The molecule has 113 valence electrons. The molecule has 0 amide bonds. The molecular weight excluding hydrogens is 264 g/mol. The minimum atomic E-state index is -1.48. The molecule has 0 saturated heterocycles. The van der Waals surface area contributed by atoms with Crippen molar-refractivity contribution >= 4 is 10.5 Å². The summed E-state index contributed by atoms with van der Waals surface area (Å²) >= 11 is 0. The van der Waals surface area contributed by atoms with Gasteiger partial charge >= 0.3 is 0 Å². The normalized spacial score (nSPS) is 18.2. The molecule has 0 aromatic heterocycles. The van der Waals surface area contributed by atoms with Crippen molar-refractivity contribution in [2.45, 2.75) is 59.0 Å². The highest BCUT2D eigenvalue weighted by molar-refractivity contribution is 5.98. The van der Waals surface area contributed by atoms with E-state index in [0.717, 1.165) is 0 Å². The largest absolute Gasteiger partial charge is 0.394 e. The van der Waals surface area contributed by atoms with Crippen LogP contribution < -0.4 is 0 Å². The second-order valence-electron chi connectivity index (χ2n) is 6.37. The number of hydrogen-bond acceptors (Lipinski definition) is 5. The van der Waals surface area contributed by atoms with Crippen molar-refractivity contribution < 1.29 is 24.1 Å². The summed E-state index contributed by atoms with van der Waals surface area (Å²) in [6, 6.07) is 0. The molecule has 19 heavy (non-hydrogen) atoms. The second-order valence-corrected chi connectivity index (χ2v) is 6.57. The van der Waals surface area contributed by atoms with Crippen LogP contribution in [0.1, 0.15) is 41.5 Å². The van der Waals surface area contributed by atoms with E-state index < -0.39 is 11.4 Å². The summed E-state index contributed by atoms with van der Waals surface area (Å²) < 4.78 is 16.2. The summed E-state index contributed by atoms with van der Waals surface area (Å²) in [5.41, 5.74) is -1.11. The lowest BCUT2D eigenvalue weighted by Crippen LogP contribution is -2.55. The smallest absolute Gasteiger partial charge is 0.250 e. The van der Waals surface area contributed by atoms with Crippen molar-refractivity contribution in [2.75, 3.05) is 19.8 Å². The maximum atomic E-state index is 10.2. The molecule has 2 atom stereocenters. The van der Waals surface area contributed by atoms with Gasteiger partial charge in [-0.15, -0.1) is 0 Å². The van der Waals surface area contributed by atoms with Gasteiger partial charge in [-0.25, -0.2) is 0 Å². The molecule has 0 aliphatic heterocycles. The summed E-state index contributed by atoms with van der Waals surface area (Å²) in [5.74, 6) is -1.48. The molecule has 0 aromatic carbocycles. The topological polar surface area (TPSA) is 68.2 Å². The van der Waals surface area contributed by atoms with Gasteiger partial charge in [-0.1, -0.05) is 20.8 Å². The van der Waals surface area contributed by atoms with Crippen LogP contribution >= 0.6 is 0 Å². The highest BCUT2D eigenvalue weighted by atomic mass is 28.2. The first-order valence-electron chi connectivity index (χ1n) is 6.41. The maximum absolute atomic E-state index is 10.2. The maximum Gasteiger partial charge on any atom is 0.250 e. The molecule has 0 fully saturated rings. The van der Waals surface area contributed by atoms with E-state index in [9.17, 15) is 5.11 Å². The monoisotopic (exact) mass is 291 g/mol. The Kier molecular flexibility index (Phi) is 7.15. The molecule has 0 aliphatic carbocycles. The van der Waals surface area contributed by atoms with Gasteiger partial charge in [-0.05, 0) is 26.2 Å². The summed E-state index contributed by atoms with van der Waals surface area (Å²) in [7, 11) is 2.87. The third-order valence-electron chi connectivity index (χ3n) is 3.22. The van der Waals surface area contributed by atoms with E-state index in [1.165, 1.54) is 6.92 Å². The number of aliphatic hydroxyl groups excluding tert-OH is 1. The van der Waals surface area contributed by atoms with Crippen molar-refractivity contribution in [1.82, 2.24) is 0 Å². The summed E-state index contributed by atoms with van der Waals surface area (Å²) in [6.45, 7) is 11.7. The Labute approximate surface area is 119 Å². The zero-order valence-corrected chi connectivity index (χ0v) is 13.8. The summed E-state index contributed by atoms with van der Waals surface area (Å²) in [4.78, 5) is 0. The molecule has 0 aliphatic rings. The van der Waals surface area contributed by atoms with E-state index >= 15 is 0 Å². The molecule has 0 rings (SSSR count). The van der Waals surface area contributed by atoms with E-state index in [-0.39, 0.29) is 24.7 Å². The van der Waals surface area contributed by atoms with Gasteiger partial charge in [0.2, 0.25) is 10.5 Å². The van der Waals surface area contributed by atoms with Crippen LogP contribution in [-0.4, -0.2) is 58.0 Å². The second kappa shape index (κ2) is 7.15. The molecule has 6 heteroatoms. The highest BCUT2D eigenvalue weighted by Gasteiger charge is 2.44. The van der Waals surface area contributed by atoms with E-state index in [1.807, 2.05) is 20.8 Å². The molecule has 0 heterocycles. The van der Waals surface area contributed by atoms with Crippen LogP contribution in [0.2, 0.25) is 0 Å². The van der Waals surface area contributed by atoms with Crippen molar-refractivity contribution in [3.63, 3.8) is 0 Å². The molecular formula is C13H27O5Si. The Morgan fingerprint density at radius 3 is 2.00 bits per heavy atom. The Bertz CT molecular complexity index is 260. The van der Waals surface area contributed by atoms with Gasteiger partial charge in [0.15, 0.2) is 5.79 Å². The van der Waals surface area contributed by atoms with Gasteiger partial charge in [0, 0.05) is 0 Å². The predicted octanol–water partition coefficient (Wildman–Crippen LogP) is 1.01. The average molecular weight is 291 g/mol. The van der Waals surface area contributed by atoms with Crippen LogP contribution in [0.3, 0.4) is 0 Å². The van der Waals surface area contributed by atoms with Crippen molar-refractivity contribution in [3.05, 3.63) is 0 Å². The lowest BCUT2D eigenvalue weighted by Gasteiger charge is -2.44. The van der Waals surface area contributed by atoms with Crippen LogP contribution in [0, 0.1) is 5.41 Å². The number of hydrogen-bond donors (Lipinski definition) is 2. The minimum absolute atomic E-state index is 0.0256. The van der Waals surface area contributed by atoms with Crippen LogP contribution in [0.15, 0.2) is 0 Å². The van der Waals surface area contributed by atoms with Crippen LogP contribution in [0.4, 0.5) is 0 Å². The Morgan fingerprint density at radius 1 is 1.11 bits per heavy atom. The van der Waals surface area contributed by atoms with Gasteiger partial charge in [-0.3, -0.25) is 0 Å². The Balaban J connectivity index is 4.81. The molecule has 2 N–H and O–H groups in total. The van der Waals surface area contributed by atoms with Crippen LogP contribution in [0.25, 0.3) is 0 Å². The molecule has 0 spiro atoms. The molecule has 0 bridgehead atoms. The van der Waals surface area contributed by atoms with Crippen molar-refractivity contribution in [2.24, 2.45) is 5.41 Å². The third kappa shape index (κ3) is 5.89. The fraction of sp³-hybridized carbons (Fsp3) is 1.00. The molecule has 5 nitrogen and oxygen atoms in total. The van der Waals surface area contributed by atoms with Gasteiger partial charge < -0.3 is 24.1 Å². The number of rotatable bonds is 8. The zero-order valence-electron chi connectivity index (χ0n) is 12.8. The molecule has 0 aromatic rings. The van der Waals surface area contributed by atoms with E-state index in [2.05, 4.69) is 10.5 Å². The molecule has 2 unspecified atom stereocenters. The first-order chi connectivity index (χ1) is 8.48. The van der Waals surface area contributed by atoms with E-state index in [0.29, 0.717) is 6.61 Å². The van der Waals surface area contributed by atoms with Gasteiger partial charge in [0.25, 0.3) is 0 Å². The highest BCUT2D eigenvalue weighted by Crippen LogP contribution is 2.33. The minimum Gasteiger partial charge on any atom is -0.394 e. The predicted molar refractivity (Wildman–Crippen MR) is 73.8 cm³/mol. The zero-order chi connectivity index (χ0) is 15.3. The van der Waals surface area contributed by atoms with Gasteiger partial charge in [-0.2, -0.15) is 0 Å².